The summed E-state index contributed by atoms with van der Waals surface area (Å²) in [6.07, 6.45) is 9.28. The van der Waals surface area contributed by atoms with Crippen LogP contribution in [0.3, 0.4) is 0 Å². The van der Waals surface area contributed by atoms with E-state index in [-0.39, 0.29) is 12.1 Å². The normalized spacial score (nSPS) is 18.2. The maximum atomic E-state index is 11.5. The molecule has 0 aromatic carbocycles. The fourth-order valence-electron chi connectivity index (χ4n) is 2.23. The molecule has 0 aromatic rings. The predicted octanol–water partition coefficient (Wildman–Crippen LogP) is 2.00. The minimum Gasteiger partial charge on any atom is -0.450 e. The summed E-state index contributed by atoms with van der Waals surface area (Å²) in [6, 6.07) is 0.581. The van der Waals surface area contributed by atoms with Gasteiger partial charge in [-0.3, -0.25) is 0 Å². The molecule has 1 fully saturated rings. The molecule has 1 rings (SSSR count). The highest BCUT2D eigenvalue weighted by molar-refractivity contribution is 5.67. The summed E-state index contributed by atoms with van der Waals surface area (Å²) in [4.78, 5) is 13.3. The summed E-state index contributed by atoms with van der Waals surface area (Å²) >= 11 is 0. The molecule has 0 aliphatic carbocycles. The molecule has 1 N–H and O–H groups in total. The molecule has 1 amide bonds. The first-order chi connectivity index (χ1) is 8.71. The maximum Gasteiger partial charge on any atom is 0.409 e. The number of amides is 1. The topological polar surface area (TPSA) is 41.6 Å². The highest BCUT2D eigenvalue weighted by atomic mass is 16.6. The summed E-state index contributed by atoms with van der Waals surface area (Å²) < 4.78 is 4.99. The lowest BCUT2D eigenvalue weighted by molar-refractivity contribution is 0.0946. The van der Waals surface area contributed by atoms with Gasteiger partial charge in [-0.1, -0.05) is 19.3 Å². The first kappa shape index (κ1) is 14.8. The van der Waals surface area contributed by atoms with Crippen molar-refractivity contribution in [1.82, 2.24) is 10.2 Å². The van der Waals surface area contributed by atoms with E-state index in [4.69, 9.17) is 11.2 Å². The Hall–Kier alpha value is -1.21. The summed E-state index contributed by atoms with van der Waals surface area (Å²) in [5.74, 6) is 2.79. The lowest BCUT2D eigenvalue weighted by atomic mass is 10.0. The summed E-state index contributed by atoms with van der Waals surface area (Å²) in [6.45, 7) is 5.90. The Kier molecular flexibility index (Phi) is 6.59. The van der Waals surface area contributed by atoms with Crippen molar-refractivity contribution in [2.45, 2.75) is 51.6 Å². The molecule has 0 bridgehead atoms. The minimum atomic E-state index is -0.196. The van der Waals surface area contributed by atoms with Gasteiger partial charge in [0.15, 0.2) is 0 Å². The molecule has 4 nitrogen and oxygen atoms in total. The van der Waals surface area contributed by atoms with E-state index < -0.39 is 0 Å². The molecule has 1 aliphatic heterocycles. The van der Waals surface area contributed by atoms with Crippen molar-refractivity contribution in [3.05, 3.63) is 0 Å². The number of rotatable bonds is 5. The van der Waals surface area contributed by atoms with E-state index in [1.165, 1.54) is 0 Å². The van der Waals surface area contributed by atoms with E-state index in [1.54, 1.807) is 4.90 Å². The van der Waals surface area contributed by atoms with Crippen molar-refractivity contribution in [3.63, 3.8) is 0 Å². The number of likely N-dealkylation sites (tertiary alicyclic amines) is 1. The van der Waals surface area contributed by atoms with Gasteiger partial charge >= 0.3 is 6.09 Å². The molecular weight excluding hydrogens is 228 g/mol. The van der Waals surface area contributed by atoms with Crippen LogP contribution in [-0.4, -0.2) is 42.8 Å². The molecule has 18 heavy (non-hydrogen) atoms. The second kappa shape index (κ2) is 7.99. The molecule has 1 heterocycles. The Morgan fingerprint density at radius 3 is 2.67 bits per heavy atom. The fourth-order valence-corrected chi connectivity index (χ4v) is 2.23. The average Bonchev–Trinajstić information content (AvgIpc) is 2.39. The fraction of sp³-hybridized carbons (Fsp3) is 0.786. The number of piperidine rings is 1. The molecular formula is C14H24N2O2. The first-order valence-electron chi connectivity index (χ1n) is 6.85. The second-order valence-corrected chi connectivity index (χ2v) is 4.63. The van der Waals surface area contributed by atoms with Crippen molar-refractivity contribution >= 4 is 6.09 Å². The Bertz CT molecular complexity index is 291. The average molecular weight is 252 g/mol. The number of terminal acetylenes is 1. The van der Waals surface area contributed by atoms with Crippen molar-refractivity contribution in [3.8, 4) is 12.3 Å². The van der Waals surface area contributed by atoms with Gasteiger partial charge < -0.3 is 15.0 Å². The lowest BCUT2D eigenvalue weighted by Gasteiger charge is -2.33. The zero-order chi connectivity index (χ0) is 13.4. The Labute approximate surface area is 110 Å². The summed E-state index contributed by atoms with van der Waals surface area (Å²) in [5, 5.41) is 3.48. The van der Waals surface area contributed by atoms with E-state index in [9.17, 15) is 4.79 Å². The summed E-state index contributed by atoms with van der Waals surface area (Å²) in [5.41, 5.74) is 0. The third-order valence-electron chi connectivity index (χ3n) is 3.24. The molecule has 1 saturated heterocycles. The van der Waals surface area contributed by atoms with Crippen molar-refractivity contribution in [1.29, 1.82) is 0 Å². The highest BCUT2D eigenvalue weighted by Gasteiger charge is 2.24. The van der Waals surface area contributed by atoms with Gasteiger partial charge in [0.2, 0.25) is 0 Å². The Morgan fingerprint density at radius 1 is 1.50 bits per heavy atom. The predicted molar refractivity (Wildman–Crippen MR) is 72.3 cm³/mol. The highest BCUT2D eigenvalue weighted by Crippen LogP contribution is 2.13. The number of nitrogens with one attached hydrogen (secondary N) is 1. The molecule has 1 unspecified atom stereocenters. The second-order valence-electron chi connectivity index (χ2n) is 4.63. The molecule has 1 atom stereocenters. The Morgan fingerprint density at radius 2 is 2.17 bits per heavy atom. The number of hydrogen-bond acceptors (Lipinski definition) is 3. The SMILES string of the molecule is C#CC(CCC)NC1CCN(C(=O)OCC)CC1. The van der Waals surface area contributed by atoms with E-state index in [1.807, 2.05) is 6.92 Å². The zero-order valence-electron chi connectivity index (χ0n) is 11.4. The van der Waals surface area contributed by atoms with Gasteiger partial charge in [0.05, 0.1) is 12.6 Å². The smallest absolute Gasteiger partial charge is 0.409 e. The van der Waals surface area contributed by atoms with E-state index in [2.05, 4.69) is 18.2 Å². The van der Waals surface area contributed by atoms with Crippen LogP contribution in [0.25, 0.3) is 0 Å². The van der Waals surface area contributed by atoms with Gasteiger partial charge in [-0.05, 0) is 26.2 Å². The van der Waals surface area contributed by atoms with Crippen molar-refractivity contribution < 1.29 is 9.53 Å². The molecule has 1 aliphatic rings. The van der Waals surface area contributed by atoms with E-state index >= 15 is 0 Å². The van der Waals surface area contributed by atoms with Crippen LogP contribution in [0.5, 0.6) is 0 Å². The number of ether oxygens (including phenoxy) is 1. The first-order valence-corrected chi connectivity index (χ1v) is 6.85. The van der Waals surface area contributed by atoms with Crippen LogP contribution in [-0.2, 0) is 4.74 Å². The quantitative estimate of drug-likeness (QED) is 0.761. The van der Waals surface area contributed by atoms with Gasteiger partial charge in [0, 0.05) is 19.1 Å². The molecule has 0 aromatic heterocycles. The van der Waals surface area contributed by atoms with Gasteiger partial charge in [0.1, 0.15) is 0 Å². The monoisotopic (exact) mass is 252 g/mol. The van der Waals surface area contributed by atoms with Gasteiger partial charge in [-0.2, -0.15) is 0 Å². The minimum absolute atomic E-state index is 0.161. The number of carbonyl (C=O) groups excluding carboxylic acids is 1. The van der Waals surface area contributed by atoms with Crippen LogP contribution in [0.4, 0.5) is 4.79 Å². The molecule has 0 spiro atoms. The molecule has 0 radical (unpaired) electrons. The van der Waals surface area contributed by atoms with Gasteiger partial charge in [-0.15, -0.1) is 6.42 Å². The Balaban J connectivity index is 2.31. The van der Waals surface area contributed by atoms with Crippen LogP contribution in [0.15, 0.2) is 0 Å². The van der Waals surface area contributed by atoms with Crippen LogP contribution in [0.2, 0.25) is 0 Å². The van der Waals surface area contributed by atoms with Crippen LogP contribution >= 0.6 is 0 Å². The van der Waals surface area contributed by atoms with Crippen molar-refractivity contribution in [2.24, 2.45) is 0 Å². The summed E-state index contributed by atoms with van der Waals surface area (Å²) in [7, 11) is 0. The van der Waals surface area contributed by atoms with Crippen LogP contribution in [0.1, 0.15) is 39.5 Å². The number of hydrogen-bond donors (Lipinski definition) is 1. The third kappa shape index (κ3) is 4.58. The molecule has 102 valence electrons. The maximum absolute atomic E-state index is 11.5. The standard InChI is InChI=1S/C14H24N2O2/c1-4-7-12(5-2)15-13-8-10-16(11-9-13)14(17)18-6-3/h2,12-13,15H,4,6-11H2,1,3H3. The number of carbonyl (C=O) groups is 1. The number of nitrogens with zero attached hydrogens (tertiary/aromatic N) is 1. The molecule has 0 saturated carbocycles. The van der Waals surface area contributed by atoms with E-state index in [0.717, 1.165) is 38.8 Å². The van der Waals surface area contributed by atoms with Crippen molar-refractivity contribution in [2.75, 3.05) is 19.7 Å². The van der Waals surface area contributed by atoms with Crippen LogP contribution in [0, 0.1) is 12.3 Å². The van der Waals surface area contributed by atoms with Gasteiger partial charge in [0.25, 0.3) is 0 Å². The lowest BCUT2D eigenvalue weighted by Crippen LogP contribution is -2.47. The zero-order valence-corrected chi connectivity index (χ0v) is 11.4. The van der Waals surface area contributed by atoms with E-state index in [0.29, 0.717) is 12.6 Å². The molecule has 4 heteroatoms. The largest absolute Gasteiger partial charge is 0.450 e. The van der Waals surface area contributed by atoms with Gasteiger partial charge in [-0.25, -0.2) is 4.79 Å². The third-order valence-corrected chi connectivity index (χ3v) is 3.24. The van der Waals surface area contributed by atoms with Crippen LogP contribution < -0.4 is 5.32 Å².